The number of nitrogens with one attached hydrogen (secondary N) is 1. The molecule has 60 valence electrons. The number of allylic oxidation sites excluding steroid dienone is 5. The maximum atomic E-state index is 5.81. The van der Waals surface area contributed by atoms with Crippen molar-refractivity contribution in [1.29, 1.82) is 0 Å². The van der Waals surface area contributed by atoms with Crippen molar-refractivity contribution >= 4 is 34.5 Å². The molecular formula is C8H9ClIN. The lowest BCUT2D eigenvalue weighted by Crippen LogP contribution is -2.02. The highest BCUT2D eigenvalue weighted by atomic mass is 127. The van der Waals surface area contributed by atoms with Gasteiger partial charge in [0.1, 0.15) is 0 Å². The third-order valence-electron chi connectivity index (χ3n) is 1.44. The zero-order valence-electron chi connectivity index (χ0n) is 5.98. The Hall–Kier alpha value is 0.200. The van der Waals surface area contributed by atoms with Crippen LogP contribution in [0.25, 0.3) is 0 Å². The first-order valence-corrected chi connectivity index (χ1v) is 4.84. The summed E-state index contributed by atoms with van der Waals surface area (Å²) in [5, 5.41) is 0.824. The van der Waals surface area contributed by atoms with Crippen molar-refractivity contribution in [3.05, 3.63) is 34.9 Å². The Kier molecular flexibility index (Phi) is 4.18. The molecule has 1 aliphatic carbocycles. The monoisotopic (exact) mass is 281 g/mol. The minimum atomic E-state index is 0.824. The minimum absolute atomic E-state index is 0.824. The van der Waals surface area contributed by atoms with Crippen molar-refractivity contribution in [2.24, 2.45) is 0 Å². The second-order valence-electron chi connectivity index (χ2n) is 2.29. The summed E-state index contributed by atoms with van der Waals surface area (Å²) in [7, 11) is 0. The van der Waals surface area contributed by atoms with Gasteiger partial charge in [-0.1, -0.05) is 35.4 Å². The summed E-state index contributed by atoms with van der Waals surface area (Å²) in [4.78, 5) is 0. The van der Waals surface area contributed by atoms with Crippen LogP contribution in [0, 0.1) is 0 Å². The molecule has 0 aromatic rings. The van der Waals surface area contributed by atoms with Crippen molar-refractivity contribution in [2.45, 2.75) is 6.42 Å². The highest BCUT2D eigenvalue weighted by molar-refractivity contribution is 14.1. The average Bonchev–Trinajstić information content (AvgIpc) is 2.17. The molecule has 0 spiro atoms. The zero-order chi connectivity index (χ0) is 8.10. The van der Waals surface area contributed by atoms with Gasteiger partial charge in [0.25, 0.3) is 0 Å². The van der Waals surface area contributed by atoms with Crippen LogP contribution in [0.3, 0.4) is 0 Å². The van der Waals surface area contributed by atoms with Gasteiger partial charge in [-0.05, 0) is 12.5 Å². The van der Waals surface area contributed by atoms with E-state index in [0.29, 0.717) is 0 Å². The van der Waals surface area contributed by atoms with Gasteiger partial charge in [0.05, 0.1) is 0 Å². The molecule has 1 nitrogen and oxygen atoms in total. The van der Waals surface area contributed by atoms with E-state index < -0.39 is 0 Å². The lowest BCUT2D eigenvalue weighted by Gasteiger charge is -1.98. The van der Waals surface area contributed by atoms with E-state index in [4.69, 9.17) is 11.6 Å². The summed E-state index contributed by atoms with van der Waals surface area (Å²) in [5.41, 5.74) is 1.35. The standard InChI is InChI=1S/C8H9ClIN/c9-8-3-1-2-7(4-5-8)6-11-10/h1-3,5,11H,4,6H2. The summed E-state index contributed by atoms with van der Waals surface area (Å²) < 4.78 is 3.08. The van der Waals surface area contributed by atoms with Gasteiger partial charge in [0.2, 0.25) is 0 Å². The highest BCUT2D eigenvalue weighted by Crippen LogP contribution is 2.13. The molecule has 0 amide bonds. The van der Waals surface area contributed by atoms with Crippen LogP contribution in [0.4, 0.5) is 0 Å². The van der Waals surface area contributed by atoms with Crippen molar-refractivity contribution in [3.8, 4) is 0 Å². The number of halogens is 2. The fraction of sp³-hybridized carbons (Fsp3) is 0.250. The van der Waals surface area contributed by atoms with Crippen molar-refractivity contribution in [1.82, 2.24) is 3.53 Å². The summed E-state index contributed by atoms with van der Waals surface area (Å²) >= 11 is 7.94. The first kappa shape index (κ1) is 9.29. The summed E-state index contributed by atoms with van der Waals surface area (Å²) in [5.74, 6) is 0. The largest absolute Gasteiger partial charge is 0.257 e. The first-order valence-electron chi connectivity index (χ1n) is 3.38. The molecule has 1 rings (SSSR count). The van der Waals surface area contributed by atoms with Crippen molar-refractivity contribution in [3.63, 3.8) is 0 Å². The first-order chi connectivity index (χ1) is 5.33. The van der Waals surface area contributed by atoms with Gasteiger partial charge in [-0.15, -0.1) is 0 Å². The molecule has 0 saturated heterocycles. The Bertz CT molecular complexity index is 215. The summed E-state index contributed by atoms with van der Waals surface area (Å²) in [6.45, 7) is 0.922. The van der Waals surface area contributed by atoms with Gasteiger partial charge < -0.3 is 0 Å². The Labute approximate surface area is 85.7 Å². The Morgan fingerprint density at radius 2 is 2.45 bits per heavy atom. The topological polar surface area (TPSA) is 12.0 Å². The fourth-order valence-corrected chi connectivity index (χ4v) is 1.50. The second-order valence-corrected chi connectivity index (χ2v) is 3.49. The minimum Gasteiger partial charge on any atom is -0.257 e. The number of rotatable bonds is 2. The van der Waals surface area contributed by atoms with Crippen LogP contribution in [0.2, 0.25) is 0 Å². The molecule has 0 saturated carbocycles. The quantitative estimate of drug-likeness (QED) is 0.606. The third-order valence-corrected chi connectivity index (χ3v) is 2.10. The fourth-order valence-electron chi connectivity index (χ4n) is 0.858. The van der Waals surface area contributed by atoms with E-state index in [1.54, 1.807) is 0 Å². The van der Waals surface area contributed by atoms with Crippen LogP contribution in [-0.4, -0.2) is 6.54 Å². The SMILES string of the molecule is ClC1=CCC(CNI)=CC=C1. The Balaban J connectivity index is 2.58. The molecule has 0 heterocycles. The van der Waals surface area contributed by atoms with E-state index in [2.05, 4.69) is 32.5 Å². The lowest BCUT2D eigenvalue weighted by atomic mass is 10.2. The molecule has 0 radical (unpaired) electrons. The molecule has 0 atom stereocenters. The summed E-state index contributed by atoms with van der Waals surface area (Å²) in [6.07, 6.45) is 8.95. The molecule has 0 aromatic carbocycles. The van der Waals surface area contributed by atoms with Crippen LogP contribution in [0.15, 0.2) is 34.9 Å². The normalized spacial score (nSPS) is 17.3. The molecule has 0 aromatic heterocycles. The molecule has 11 heavy (non-hydrogen) atoms. The predicted molar refractivity (Wildman–Crippen MR) is 57.8 cm³/mol. The van der Waals surface area contributed by atoms with Crippen LogP contribution in [-0.2, 0) is 0 Å². The molecule has 3 heteroatoms. The van der Waals surface area contributed by atoms with Gasteiger partial charge in [0.15, 0.2) is 0 Å². The van der Waals surface area contributed by atoms with Gasteiger partial charge in [-0.3, -0.25) is 3.53 Å². The highest BCUT2D eigenvalue weighted by Gasteiger charge is 1.96. The van der Waals surface area contributed by atoms with E-state index in [-0.39, 0.29) is 0 Å². The molecule has 0 aliphatic heterocycles. The third kappa shape index (κ3) is 3.40. The molecule has 0 fully saturated rings. The van der Waals surface area contributed by atoms with E-state index in [1.165, 1.54) is 5.57 Å². The predicted octanol–water partition coefficient (Wildman–Crippen LogP) is 2.94. The van der Waals surface area contributed by atoms with Crippen LogP contribution in [0.1, 0.15) is 6.42 Å². The second kappa shape index (κ2) is 4.95. The maximum absolute atomic E-state index is 5.81. The number of hydrogen-bond donors (Lipinski definition) is 1. The smallest absolute Gasteiger partial charge is 0.0369 e. The van der Waals surface area contributed by atoms with Gasteiger partial charge >= 0.3 is 0 Å². The number of hydrogen-bond acceptors (Lipinski definition) is 1. The van der Waals surface area contributed by atoms with E-state index in [0.717, 1.165) is 18.0 Å². The summed E-state index contributed by atoms with van der Waals surface area (Å²) in [6, 6.07) is 0. The van der Waals surface area contributed by atoms with Crippen molar-refractivity contribution < 1.29 is 0 Å². The molecule has 1 N–H and O–H groups in total. The Morgan fingerprint density at radius 3 is 3.18 bits per heavy atom. The van der Waals surface area contributed by atoms with Crippen LogP contribution in [0.5, 0.6) is 0 Å². The van der Waals surface area contributed by atoms with E-state index in [1.807, 2.05) is 18.2 Å². The van der Waals surface area contributed by atoms with E-state index in [9.17, 15) is 0 Å². The maximum Gasteiger partial charge on any atom is 0.0369 e. The zero-order valence-corrected chi connectivity index (χ0v) is 8.89. The molecule has 1 aliphatic rings. The van der Waals surface area contributed by atoms with E-state index >= 15 is 0 Å². The van der Waals surface area contributed by atoms with Gasteiger partial charge in [-0.25, -0.2) is 0 Å². The van der Waals surface area contributed by atoms with Crippen LogP contribution >= 0.6 is 34.5 Å². The van der Waals surface area contributed by atoms with Crippen LogP contribution < -0.4 is 3.53 Å². The van der Waals surface area contributed by atoms with Gasteiger partial charge in [0, 0.05) is 34.4 Å². The van der Waals surface area contributed by atoms with Gasteiger partial charge in [-0.2, -0.15) is 0 Å². The lowest BCUT2D eigenvalue weighted by molar-refractivity contribution is 1.03. The average molecular weight is 282 g/mol. The Morgan fingerprint density at radius 1 is 1.64 bits per heavy atom. The molecule has 0 unspecified atom stereocenters. The molecular weight excluding hydrogens is 272 g/mol. The van der Waals surface area contributed by atoms with Crippen molar-refractivity contribution in [2.75, 3.05) is 6.54 Å². The molecule has 0 bridgehead atoms.